The molecule has 0 saturated heterocycles. The minimum atomic E-state index is -0.0488. The molecule has 32 heavy (non-hydrogen) atoms. The van der Waals surface area contributed by atoms with Gasteiger partial charge in [0, 0.05) is 16.0 Å². The van der Waals surface area contributed by atoms with E-state index < -0.39 is 0 Å². The second-order valence-corrected chi connectivity index (χ2v) is 9.53. The Morgan fingerprint density at radius 3 is 2.22 bits per heavy atom. The lowest BCUT2D eigenvalue weighted by atomic mass is 9.80. The van der Waals surface area contributed by atoms with Crippen molar-refractivity contribution in [3.8, 4) is 33.4 Å². The fourth-order valence-electron chi connectivity index (χ4n) is 5.45. The fraction of sp³-hybridized carbons (Fsp3) is 0.0968. The monoisotopic (exact) mass is 430 g/mol. The summed E-state index contributed by atoms with van der Waals surface area (Å²) in [6.07, 6.45) is 0. The van der Waals surface area contributed by atoms with Crippen molar-refractivity contribution >= 4 is 22.4 Å². The molecule has 0 N–H and O–H groups in total. The largest absolute Gasteiger partial charge is 0.0836 e. The highest BCUT2D eigenvalue weighted by Gasteiger charge is 2.37. The average molecular weight is 431 g/mol. The molecule has 0 spiro atoms. The van der Waals surface area contributed by atoms with Crippen LogP contribution in [0.25, 0.3) is 44.2 Å². The predicted molar refractivity (Wildman–Crippen MR) is 137 cm³/mol. The molecule has 1 aliphatic carbocycles. The summed E-state index contributed by atoms with van der Waals surface area (Å²) in [4.78, 5) is 0. The molecule has 0 aliphatic heterocycles. The Hall–Kier alpha value is -3.35. The van der Waals surface area contributed by atoms with Crippen LogP contribution < -0.4 is 0 Å². The van der Waals surface area contributed by atoms with Crippen molar-refractivity contribution in [2.24, 2.45) is 0 Å². The first-order valence-corrected chi connectivity index (χ1v) is 11.4. The van der Waals surface area contributed by atoms with E-state index in [1.54, 1.807) is 0 Å². The minimum Gasteiger partial charge on any atom is -0.0836 e. The standard InChI is InChI=1S/C31H23Cl/c1-31(2)27-18-16-22(29-23(13-8-14-28(29)32)20-9-4-3-5-10-20)19-26(27)25-17-15-21-11-6-7-12-24(21)30(25)31/h3-19H,1-2H3. The normalized spacial score (nSPS) is 13.7. The Morgan fingerprint density at radius 2 is 1.38 bits per heavy atom. The fourth-order valence-corrected chi connectivity index (χ4v) is 5.73. The molecule has 5 aromatic carbocycles. The highest BCUT2D eigenvalue weighted by atomic mass is 35.5. The zero-order chi connectivity index (χ0) is 21.9. The van der Waals surface area contributed by atoms with Crippen LogP contribution in [-0.2, 0) is 5.41 Å². The Balaban J connectivity index is 1.61. The molecule has 0 unspecified atom stereocenters. The number of rotatable bonds is 2. The molecule has 0 radical (unpaired) electrons. The Morgan fingerprint density at radius 1 is 0.594 bits per heavy atom. The minimum absolute atomic E-state index is 0.0488. The summed E-state index contributed by atoms with van der Waals surface area (Å²) in [6, 6.07) is 36.8. The van der Waals surface area contributed by atoms with Crippen LogP contribution in [-0.4, -0.2) is 0 Å². The Labute approximate surface area is 194 Å². The number of hydrogen-bond acceptors (Lipinski definition) is 0. The summed E-state index contributed by atoms with van der Waals surface area (Å²) in [5.74, 6) is 0. The second-order valence-electron chi connectivity index (χ2n) is 9.12. The summed E-state index contributed by atoms with van der Waals surface area (Å²) in [7, 11) is 0. The maximum absolute atomic E-state index is 6.80. The van der Waals surface area contributed by atoms with Gasteiger partial charge in [0.25, 0.3) is 0 Å². The van der Waals surface area contributed by atoms with Gasteiger partial charge in [-0.05, 0) is 61.8 Å². The molecule has 0 atom stereocenters. The maximum Gasteiger partial charge on any atom is 0.0490 e. The van der Waals surface area contributed by atoms with E-state index >= 15 is 0 Å². The summed E-state index contributed by atoms with van der Waals surface area (Å²) in [6.45, 7) is 4.68. The van der Waals surface area contributed by atoms with Crippen molar-refractivity contribution in [3.05, 3.63) is 119 Å². The third kappa shape index (κ3) is 2.76. The molecule has 5 aromatic rings. The second kappa shape index (κ2) is 7.08. The summed E-state index contributed by atoms with van der Waals surface area (Å²) < 4.78 is 0. The van der Waals surface area contributed by atoms with E-state index in [1.165, 1.54) is 38.6 Å². The molecule has 0 saturated carbocycles. The molecule has 0 amide bonds. The molecular formula is C31H23Cl. The van der Waals surface area contributed by atoms with Crippen LogP contribution in [0.2, 0.25) is 5.02 Å². The first-order chi connectivity index (χ1) is 15.6. The molecule has 154 valence electrons. The lowest BCUT2D eigenvalue weighted by molar-refractivity contribution is 0.666. The van der Waals surface area contributed by atoms with Crippen molar-refractivity contribution in [1.29, 1.82) is 0 Å². The number of halogens is 1. The highest BCUT2D eigenvalue weighted by molar-refractivity contribution is 6.34. The van der Waals surface area contributed by atoms with E-state index in [9.17, 15) is 0 Å². The van der Waals surface area contributed by atoms with Gasteiger partial charge in [0.15, 0.2) is 0 Å². The average Bonchev–Trinajstić information content (AvgIpc) is 3.06. The van der Waals surface area contributed by atoms with E-state index in [0.717, 1.165) is 21.7 Å². The molecule has 1 aliphatic rings. The van der Waals surface area contributed by atoms with Crippen LogP contribution >= 0.6 is 11.6 Å². The summed E-state index contributed by atoms with van der Waals surface area (Å²) >= 11 is 6.80. The van der Waals surface area contributed by atoms with E-state index in [-0.39, 0.29) is 5.41 Å². The van der Waals surface area contributed by atoms with Crippen molar-refractivity contribution in [1.82, 2.24) is 0 Å². The molecule has 0 nitrogen and oxygen atoms in total. The summed E-state index contributed by atoms with van der Waals surface area (Å²) in [5.41, 5.74) is 9.98. The van der Waals surface area contributed by atoms with Gasteiger partial charge in [0.2, 0.25) is 0 Å². The van der Waals surface area contributed by atoms with Crippen molar-refractivity contribution < 1.29 is 0 Å². The van der Waals surface area contributed by atoms with Gasteiger partial charge >= 0.3 is 0 Å². The van der Waals surface area contributed by atoms with Gasteiger partial charge in [0.1, 0.15) is 0 Å². The van der Waals surface area contributed by atoms with Gasteiger partial charge in [0.05, 0.1) is 0 Å². The van der Waals surface area contributed by atoms with Crippen molar-refractivity contribution in [3.63, 3.8) is 0 Å². The lowest BCUT2D eigenvalue weighted by Gasteiger charge is -2.23. The third-order valence-corrected chi connectivity index (χ3v) is 7.24. The van der Waals surface area contributed by atoms with Gasteiger partial charge in [-0.15, -0.1) is 0 Å². The zero-order valence-corrected chi connectivity index (χ0v) is 18.9. The molecule has 0 fully saturated rings. The Bertz CT molecular complexity index is 1490. The van der Waals surface area contributed by atoms with Crippen LogP contribution in [0.15, 0.2) is 103 Å². The number of hydrogen-bond donors (Lipinski definition) is 0. The van der Waals surface area contributed by atoms with E-state index in [0.29, 0.717) is 0 Å². The topological polar surface area (TPSA) is 0 Å². The van der Waals surface area contributed by atoms with E-state index in [2.05, 4.69) is 98.8 Å². The number of benzene rings is 5. The van der Waals surface area contributed by atoms with Crippen molar-refractivity contribution in [2.45, 2.75) is 19.3 Å². The smallest absolute Gasteiger partial charge is 0.0490 e. The van der Waals surface area contributed by atoms with Crippen LogP contribution in [0, 0.1) is 0 Å². The van der Waals surface area contributed by atoms with Gasteiger partial charge < -0.3 is 0 Å². The maximum atomic E-state index is 6.80. The molecular weight excluding hydrogens is 408 g/mol. The van der Waals surface area contributed by atoms with Crippen LogP contribution in [0.3, 0.4) is 0 Å². The first kappa shape index (κ1) is 19.3. The number of fused-ring (bicyclic) bond motifs is 5. The molecule has 6 rings (SSSR count). The molecule has 0 aromatic heterocycles. The lowest BCUT2D eigenvalue weighted by Crippen LogP contribution is -2.15. The molecule has 0 bridgehead atoms. The summed E-state index contributed by atoms with van der Waals surface area (Å²) in [5, 5.41) is 3.42. The van der Waals surface area contributed by atoms with Gasteiger partial charge in [-0.25, -0.2) is 0 Å². The van der Waals surface area contributed by atoms with Gasteiger partial charge in [-0.1, -0.05) is 116 Å². The van der Waals surface area contributed by atoms with Gasteiger partial charge in [-0.3, -0.25) is 0 Å². The predicted octanol–water partition coefficient (Wildman–Crippen LogP) is 9.13. The highest BCUT2D eigenvalue weighted by Crippen LogP contribution is 2.52. The van der Waals surface area contributed by atoms with Gasteiger partial charge in [-0.2, -0.15) is 0 Å². The third-order valence-electron chi connectivity index (χ3n) is 6.92. The molecule has 1 heteroatoms. The van der Waals surface area contributed by atoms with Crippen LogP contribution in [0.1, 0.15) is 25.0 Å². The molecule has 0 heterocycles. The first-order valence-electron chi connectivity index (χ1n) is 11.1. The van der Waals surface area contributed by atoms with Crippen LogP contribution in [0.4, 0.5) is 0 Å². The van der Waals surface area contributed by atoms with E-state index in [4.69, 9.17) is 11.6 Å². The Kier molecular flexibility index (Phi) is 4.28. The zero-order valence-electron chi connectivity index (χ0n) is 18.2. The SMILES string of the molecule is CC1(C)c2ccc(-c3c(Cl)cccc3-c3ccccc3)cc2-c2ccc3ccccc3c21. The van der Waals surface area contributed by atoms with E-state index in [1.807, 2.05) is 18.2 Å². The van der Waals surface area contributed by atoms with Crippen molar-refractivity contribution in [2.75, 3.05) is 0 Å². The quantitative estimate of drug-likeness (QED) is 0.262. The van der Waals surface area contributed by atoms with Crippen LogP contribution in [0.5, 0.6) is 0 Å².